The van der Waals surface area contributed by atoms with E-state index in [4.69, 9.17) is 15.2 Å². The standard InChI is InChI=1S/C20H22N4O2/c1-25-20(26-2)19(13-22)17(18(19,12-21)16(23)24-20)10-8-15(9-11-17)14-6-4-3-5-7-14/h3-7,15H,8-11H2,1-2H3,(H2,23,24)/p+1/t15?,17?,18-,19+/m1/s1. The van der Waals surface area contributed by atoms with Gasteiger partial charge in [0.25, 0.3) is 5.84 Å². The van der Waals surface area contributed by atoms with E-state index in [9.17, 15) is 10.5 Å². The largest absolute Gasteiger partial charge is 0.342 e. The number of benzene rings is 1. The maximum Gasteiger partial charge on any atom is 0.342 e. The fourth-order valence-corrected chi connectivity index (χ4v) is 6.00. The lowest BCUT2D eigenvalue weighted by Crippen LogP contribution is -2.91. The van der Waals surface area contributed by atoms with Crippen molar-refractivity contribution >= 4 is 5.84 Å². The Kier molecular flexibility index (Phi) is 3.47. The summed E-state index contributed by atoms with van der Waals surface area (Å²) in [4.78, 5) is 2.97. The van der Waals surface area contributed by atoms with E-state index in [2.05, 4.69) is 41.4 Å². The lowest BCUT2D eigenvalue weighted by Gasteiger charge is -2.36. The summed E-state index contributed by atoms with van der Waals surface area (Å²) in [7, 11) is 2.97. The molecule has 2 aliphatic carbocycles. The molecule has 4 rings (SSSR count). The summed E-state index contributed by atoms with van der Waals surface area (Å²) in [6.45, 7) is 0. The number of rotatable bonds is 3. The minimum atomic E-state index is -1.39. The minimum absolute atomic E-state index is 0.295. The summed E-state index contributed by atoms with van der Waals surface area (Å²) in [5.74, 6) is -0.659. The van der Waals surface area contributed by atoms with Gasteiger partial charge in [0.15, 0.2) is 10.8 Å². The lowest BCUT2D eigenvalue weighted by molar-refractivity contribution is -0.690. The van der Waals surface area contributed by atoms with Gasteiger partial charge >= 0.3 is 5.91 Å². The molecule has 2 saturated carbocycles. The molecular weight excluding hydrogens is 328 g/mol. The highest BCUT2D eigenvalue weighted by Crippen LogP contribution is 2.86. The Bertz CT molecular complexity index is 841. The second kappa shape index (κ2) is 5.30. The molecule has 1 aromatic carbocycles. The van der Waals surface area contributed by atoms with Crippen LogP contribution in [0.1, 0.15) is 37.2 Å². The van der Waals surface area contributed by atoms with Gasteiger partial charge in [-0.15, -0.1) is 0 Å². The third kappa shape index (κ3) is 1.48. The summed E-state index contributed by atoms with van der Waals surface area (Å²) < 4.78 is 11.2. The molecule has 0 saturated heterocycles. The van der Waals surface area contributed by atoms with Crippen molar-refractivity contribution in [3.8, 4) is 12.1 Å². The van der Waals surface area contributed by atoms with E-state index in [-0.39, 0.29) is 0 Å². The van der Waals surface area contributed by atoms with Gasteiger partial charge < -0.3 is 9.47 Å². The van der Waals surface area contributed by atoms with Gasteiger partial charge in [0, 0.05) is 19.6 Å². The smallest absolute Gasteiger partial charge is 0.317 e. The predicted molar refractivity (Wildman–Crippen MR) is 93.1 cm³/mol. The number of nitrogens with one attached hydrogen (secondary N) is 1. The first-order valence-electron chi connectivity index (χ1n) is 8.93. The van der Waals surface area contributed by atoms with Gasteiger partial charge in [-0.05, 0) is 37.2 Å². The van der Waals surface area contributed by atoms with Crippen molar-refractivity contribution in [3.05, 3.63) is 35.9 Å². The van der Waals surface area contributed by atoms with Crippen molar-refractivity contribution in [1.82, 2.24) is 0 Å². The monoisotopic (exact) mass is 351 g/mol. The average Bonchev–Trinajstić information content (AvgIpc) is 3.11. The van der Waals surface area contributed by atoms with E-state index in [0.29, 0.717) is 11.8 Å². The molecule has 6 nitrogen and oxygen atoms in total. The predicted octanol–water partition coefficient (Wildman–Crippen LogP) is 0.762. The molecule has 26 heavy (non-hydrogen) atoms. The molecule has 2 atom stereocenters. The highest BCUT2D eigenvalue weighted by Gasteiger charge is 3.03. The molecule has 6 heteroatoms. The Hall–Kier alpha value is -2.41. The van der Waals surface area contributed by atoms with Crippen LogP contribution in [0.15, 0.2) is 30.3 Å². The van der Waals surface area contributed by atoms with Gasteiger partial charge in [-0.1, -0.05) is 30.3 Å². The van der Waals surface area contributed by atoms with Crippen LogP contribution >= 0.6 is 0 Å². The first-order chi connectivity index (χ1) is 12.5. The summed E-state index contributed by atoms with van der Waals surface area (Å²) in [5, 5.41) is 20.3. The zero-order valence-electron chi connectivity index (χ0n) is 15.1. The third-order valence-corrected chi connectivity index (χ3v) is 7.15. The molecule has 3 aliphatic rings. The third-order valence-electron chi connectivity index (χ3n) is 7.15. The van der Waals surface area contributed by atoms with Crippen LogP contribution in [0.4, 0.5) is 0 Å². The van der Waals surface area contributed by atoms with Crippen LogP contribution in [0.3, 0.4) is 0 Å². The Morgan fingerprint density at radius 2 is 1.69 bits per heavy atom. The number of amidine groups is 1. The Labute approximate surface area is 153 Å². The summed E-state index contributed by atoms with van der Waals surface area (Å²) in [6, 6.07) is 15.2. The van der Waals surface area contributed by atoms with Crippen molar-refractivity contribution in [2.45, 2.75) is 37.5 Å². The van der Waals surface area contributed by atoms with Crippen molar-refractivity contribution in [1.29, 1.82) is 10.5 Å². The van der Waals surface area contributed by atoms with Crippen LogP contribution in [-0.2, 0) is 9.47 Å². The molecular formula is C20H23N4O2+. The van der Waals surface area contributed by atoms with E-state index < -0.39 is 22.2 Å². The number of hydrogen-bond acceptors (Lipinski definition) is 5. The van der Waals surface area contributed by atoms with Crippen LogP contribution in [0.5, 0.6) is 0 Å². The molecule has 0 radical (unpaired) electrons. The van der Waals surface area contributed by atoms with Gasteiger partial charge in [-0.3, -0.25) is 5.73 Å². The second-order valence-electron chi connectivity index (χ2n) is 7.55. The van der Waals surface area contributed by atoms with E-state index in [1.54, 1.807) is 0 Å². The summed E-state index contributed by atoms with van der Waals surface area (Å²) >= 11 is 0. The highest BCUT2D eigenvalue weighted by atomic mass is 16.7. The number of methoxy groups -OCH3 is 2. The Morgan fingerprint density at radius 3 is 2.19 bits per heavy atom. The van der Waals surface area contributed by atoms with Gasteiger partial charge in [0.2, 0.25) is 0 Å². The van der Waals surface area contributed by atoms with Gasteiger partial charge in [0.05, 0.1) is 12.1 Å². The second-order valence-corrected chi connectivity index (χ2v) is 7.55. The first kappa shape index (κ1) is 17.0. The highest BCUT2D eigenvalue weighted by molar-refractivity contribution is 5.95. The van der Waals surface area contributed by atoms with Gasteiger partial charge in [-0.25, -0.2) is 4.99 Å². The lowest BCUT2D eigenvalue weighted by atomic mass is 9.71. The molecule has 0 bridgehead atoms. The molecule has 1 aliphatic heterocycles. The van der Waals surface area contributed by atoms with E-state index >= 15 is 0 Å². The van der Waals surface area contributed by atoms with Crippen LogP contribution in [-0.4, -0.2) is 26.0 Å². The molecule has 2 fully saturated rings. The topological polar surface area (TPSA) is 106 Å². The molecule has 134 valence electrons. The number of ether oxygens (including phenoxy) is 2. The maximum absolute atomic E-state index is 10.2. The Balaban J connectivity index is 1.74. The van der Waals surface area contributed by atoms with Gasteiger partial charge in [0.1, 0.15) is 0 Å². The minimum Gasteiger partial charge on any atom is -0.317 e. The molecule has 0 amide bonds. The van der Waals surface area contributed by atoms with Crippen LogP contribution in [0, 0.1) is 38.9 Å². The van der Waals surface area contributed by atoms with E-state index in [1.807, 2.05) is 6.07 Å². The van der Waals surface area contributed by atoms with Crippen molar-refractivity contribution in [2.75, 3.05) is 14.2 Å². The number of nitrogens with zero attached hydrogens (tertiary/aromatic N) is 2. The van der Waals surface area contributed by atoms with Crippen molar-refractivity contribution in [3.63, 3.8) is 0 Å². The normalized spacial score (nSPS) is 39.5. The quantitative estimate of drug-likeness (QED) is 0.782. The number of hydrogen-bond donors (Lipinski definition) is 2. The van der Waals surface area contributed by atoms with E-state index in [1.165, 1.54) is 19.8 Å². The fraction of sp³-hybridized carbons (Fsp3) is 0.550. The van der Waals surface area contributed by atoms with Crippen molar-refractivity contribution < 1.29 is 14.5 Å². The SMILES string of the molecule is COC1(OC)[NH+]=C(N)[C@]2(C#N)C3(CCC(c4ccccc4)CC3)[C@]12C#N. The molecule has 0 unspecified atom stereocenters. The number of nitrogens with two attached hydrogens (primary N) is 1. The molecule has 0 aromatic heterocycles. The first-order valence-corrected chi connectivity index (χ1v) is 8.93. The molecule has 3 N–H and O–H groups in total. The maximum atomic E-state index is 10.2. The van der Waals surface area contributed by atoms with Crippen LogP contribution < -0.4 is 10.7 Å². The molecule has 1 aromatic rings. The zero-order chi connectivity index (χ0) is 18.6. The number of nitriles is 2. The van der Waals surface area contributed by atoms with Crippen molar-refractivity contribution in [2.24, 2.45) is 22.0 Å². The fourth-order valence-electron chi connectivity index (χ4n) is 6.00. The zero-order valence-corrected chi connectivity index (χ0v) is 15.1. The Morgan fingerprint density at radius 1 is 1.08 bits per heavy atom. The summed E-state index contributed by atoms with van der Waals surface area (Å²) in [5.41, 5.74) is 4.82. The molecule has 1 spiro atoms. The number of fused-ring (bicyclic) bond motifs is 3. The van der Waals surface area contributed by atoms with Crippen LogP contribution in [0.25, 0.3) is 0 Å². The summed E-state index contributed by atoms with van der Waals surface area (Å²) in [6.07, 6.45) is 3.30. The van der Waals surface area contributed by atoms with Gasteiger partial charge in [-0.2, -0.15) is 10.5 Å². The van der Waals surface area contributed by atoms with E-state index in [0.717, 1.165) is 25.7 Å². The molecule has 1 heterocycles. The van der Waals surface area contributed by atoms with Crippen LogP contribution in [0.2, 0.25) is 0 Å². The average molecular weight is 351 g/mol.